The van der Waals surface area contributed by atoms with E-state index in [1.807, 2.05) is 24.5 Å². The molecule has 5 nitrogen and oxygen atoms in total. The lowest BCUT2D eigenvalue weighted by Gasteiger charge is -2.30. The molecule has 0 radical (unpaired) electrons. The standard InChI is InChI=1S/C22H32N4OS.HI/c1-23-22(25(2)14-11-20-10-7-15-28-20)24-17-21(26-12-4-5-13-26)18-8-6-9-19(16-18)27-3;/h6-10,15-16,21H,4-5,11-14,17H2,1-3H3,(H,23,24);1H. The van der Waals surface area contributed by atoms with Gasteiger partial charge in [-0.25, -0.2) is 0 Å². The maximum absolute atomic E-state index is 5.45. The Morgan fingerprint density at radius 3 is 2.72 bits per heavy atom. The number of nitrogens with zero attached hydrogens (tertiary/aromatic N) is 3. The lowest BCUT2D eigenvalue weighted by molar-refractivity contribution is 0.243. The molecular weight excluding hydrogens is 495 g/mol. The largest absolute Gasteiger partial charge is 0.497 e. The minimum atomic E-state index is 0. The number of likely N-dealkylation sites (tertiary alicyclic amines) is 1. The number of ether oxygens (including phenoxy) is 1. The third kappa shape index (κ3) is 6.86. The SMILES string of the molecule is CN=C(NCC(c1cccc(OC)c1)N1CCCC1)N(C)CCc1cccs1.I. The first-order chi connectivity index (χ1) is 13.7. The van der Waals surface area contributed by atoms with Crippen LogP contribution in [0, 0.1) is 0 Å². The molecule has 3 rings (SSSR count). The number of methoxy groups -OCH3 is 1. The van der Waals surface area contributed by atoms with Gasteiger partial charge >= 0.3 is 0 Å². The van der Waals surface area contributed by atoms with Crippen molar-refractivity contribution in [2.24, 2.45) is 4.99 Å². The van der Waals surface area contributed by atoms with Crippen molar-refractivity contribution in [2.75, 3.05) is 47.4 Å². The Morgan fingerprint density at radius 1 is 1.28 bits per heavy atom. The highest BCUT2D eigenvalue weighted by molar-refractivity contribution is 14.0. The molecule has 0 amide bonds. The number of aliphatic imine (C=N–C) groups is 1. The lowest BCUT2D eigenvalue weighted by Crippen LogP contribution is -2.44. The molecule has 0 aliphatic carbocycles. The maximum Gasteiger partial charge on any atom is 0.193 e. The highest BCUT2D eigenvalue weighted by Gasteiger charge is 2.24. The fourth-order valence-corrected chi connectivity index (χ4v) is 4.47. The summed E-state index contributed by atoms with van der Waals surface area (Å²) in [7, 11) is 5.70. The van der Waals surface area contributed by atoms with Gasteiger partial charge in [0.05, 0.1) is 13.2 Å². The van der Waals surface area contributed by atoms with E-state index in [2.05, 4.69) is 62.9 Å². The van der Waals surface area contributed by atoms with Gasteiger partial charge < -0.3 is 15.0 Å². The molecule has 7 heteroatoms. The second kappa shape index (κ2) is 12.4. The summed E-state index contributed by atoms with van der Waals surface area (Å²) in [6, 6.07) is 13.1. The zero-order valence-electron chi connectivity index (χ0n) is 17.6. The molecule has 1 aliphatic rings. The van der Waals surface area contributed by atoms with Crippen molar-refractivity contribution in [3.05, 3.63) is 52.2 Å². The Morgan fingerprint density at radius 2 is 2.07 bits per heavy atom. The summed E-state index contributed by atoms with van der Waals surface area (Å²) >= 11 is 1.81. The fraction of sp³-hybridized carbons (Fsp3) is 0.500. The summed E-state index contributed by atoms with van der Waals surface area (Å²) in [4.78, 5) is 10.7. The Kier molecular flexibility index (Phi) is 10.2. The summed E-state index contributed by atoms with van der Waals surface area (Å²) in [6.45, 7) is 4.09. The van der Waals surface area contributed by atoms with Gasteiger partial charge in [0, 0.05) is 32.1 Å². The summed E-state index contributed by atoms with van der Waals surface area (Å²) < 4.78 is 5.45. The number of likely N-dealkylation sites (N-methyl/N-ethyl adjacent to an activating group) is 1. The van der Waals surface area contributed by atoms with Gasteiger partial charge in [0.1, 0.15) is 5.75 Å². The Labute approximate surface area is 196 Å². The molecule has 1 atom stereocenters. The smallest absolute Gasteiger partial charge is 0.193 e. The summed E-state index contributed by atoms with van der Waals surface area (Å²) in [6.07, 6.45) is 3.59. The molecule has 1 fully saturated rings. The normalized spacial score (nSPS) is 15.6. The molecule has 1 N–H and O–H groups in total. The van der Waals surface area contributed by atoms with Gasteiger partial charge in [-0.2, -0.15) is 0 Å². The van der Waals surface area contributed by atoms with Gasteiger partial charge in [0.15, 0.2) is 5.96 Å². The monoisotopic (exact) mass is 528 g/mol. The van der Waals surface area contributed by atoms with E-state index in [9.17, 15) is 0 Å². The van der Waals surface area contributed by atoms with Crippen LogP contribution >= 0.6 is 35.3 Å². The minimum absolute atomic E-state index is 0. The van der Waals surface area contributed by atoms with Gasteiger partial charge in [-0.05, 0) is 61.5 Å². The van der Waals surface area contributed by atoms with Gasteiger partial charge in [0.25, 0.3) is 0 Å². The van der Waals surface area contributed by atoms with E-state index in [4.69, 9.17) is 4.74 Å². The third-order valence-electron chi connectivity index (χ3n) is 5.36. The van der Waals surface area contributed by atoms with Crippen molar-refractivity contribution in [2.45, 2.75) is 25.3 Å². The average molecular weight is 529 g/mol. The van der Waals surface area contributed by atoms with E-state index in [0.29, 0.717) is 6.04 Å². The molecule has 1 unspecified atom stereocenters. The van der Waals surface area contributed by atoms with E-state index in [0.717, 1.165) is 44.3 Å². The minimum Gasteiger partial charge on any atom is -0.497 e. The molecule has 1 aromatic carbocycles. The van der Waals surface area contributed by atoms with Crippen LogP contribution < -0.4 is 10.1 Å². The van der Waals surface area contributed by atoms with Crippen LogP contribution in [0.3, 0.4) is 0 Å². The number of rotatable bonds is 8. The summed E-state index contributed by atoms with van der Waals surface area (Å²) in [5.74, 6) is 1.86. The van der Waals surface area contributed by atoms with Crippen LogP contribution in [0.15, 0.2) is 46.8 Å². The van der Waals surface area contributed by atoms with Gasteiger partial charge in [-0.1, -0.05) is 18.2 Å². The van der Waals surface area contributed by atoms with Crippen molar-refractivity contribution >= 4 is 41.3 Å². The highest BCUT2D eigenvalue weighted by Crippen LogP contribution is 2.27. The Balaban J connectivity index is 0.00000300. The Hall–Kier alpha value is -1.32. The highest BCUT2D eigenvalue weighted by atomic mass is 127. The zero-order valence-corrected chi connectivity index (χ0v) is 20.8. The van der Waals surface area contributed by atoms with E-state index < -0.39 is 0 Å². The van der Waals surface area contributed by atoms with Crippen molar-refractivity contribution < 1.29 is 4.74 Å². The molecule has 160 valence electrons. The van der Waals surface area contributed by atoms with Gasteiger partial charge in [-0.15, -0.1) is 35.3 Å². The maximum atomic E-state index is 5.45. The topological polar surface area (TPSA) is 40.1 Å². The van der Waals surface area contributed by atoms with Crippen LogP contribution in [-0.2, 0) is 6.42 Å². The van der Waals surface area contributed by atoms with Crippen molar-refractivity contribution in [1.29, 1.82) is 0 Å². The summed E-state index contributed by atoms with van der Waals surface area (Å²) in [5, 5.41) is 5.75. The molecule has 2 heterocycles. The number of thiophene rings is 1. The number of hydrogen-bond donors (Lipinski definition) is 1. The van der Waals surface area contributed by atoms with Crippen LogP contribution in [0.2, 0.25) is 0 Å². The second-order valence-electron chi connectivity index (χ2n) is 7.21. The first-order valence-electron chi connectivity index (χ1n) is 10.0. The second-order valence-corrected chi connectivity index (χ2v) is 8.25. The van der Waals surface area contributed by atoms with Gasteiger partial charge in [0.2, 0.25) is 0 Å². The van der Waals surface area contributed by atoms with Crippen LogP contribution in [-0.4, -0.2) is 63.1 Å². The average Bonchev–Trinajstić information content (AvgIpc) is 3.44. The van der Waals surface area contributed by atoms with Crippen LogP contribution in [0.1, 0.15) is 29.3 Å². The van der Waals surface area contributed by atoms with E-state index in [1.54, 1.807) is 7.11 Å². The number of benzene rings is 1. The van der Waals surface area contributed by atoms with E-state index >= 15 is 0 Å². The van der Waals surface area contributed by atoms with Crippen molar-refractivity contribution in [1.82, 2.24) is 15.1 Å². The molecule has 29 heavy (non-hydrogen) atoms. The van der Waals surface area contributed by atoms with Crippen molar-refractivity contribution in [3.8, 4) is 5.75 Å². The van der Waals surface area contributed by atoms with Crippen molar-refractivity contribution in [3.63, 3.8) is 0 Å². The molecule has 0 saturated carbocycles. The molecular formula is C22H33IN4OS. The Bertz CT molecular complexity index is 747. The molecule has 1 aromatic heterocycles. The number of guanidine groups is 1. The predicted molar refractivity (Wildman–Crippen MR) is 134 cm³/mol. The third-order valence-corrected chi connectivity index (χ3v) is 6.30. The molecule has 1 saturated heterocycles. The fourth-order valence-electron chi connectivity index (χ4n) is 3.77. The van der Waals surface area contributed by atoms with Crippen LogP contribution in [0.4, 0.5) is 0 Å². The zero-order chi connectivity index (χ0) is 19.8. The first kappa shape index (κ1) is 24.0. The number of halogens is 1. The van der Waals surface area contributed by atoms with Crippen LogP contribution in [0.5, 0.6) is 5.75 Å². The molecule has 0 bridgehead atoms. The van der Waals surface area contributed by atoms with E-state index in [-0.39, 0.29) is 24.0 Å². The molecule has 2 aromatic rings. The molecule has 1 aliphatic heterocycles. The molecule has 0 spiro atoms. The van der Waals surface area contributed by atoms with Crippen LogP contribution in [0.25, 0.3) is 0 Å². The number of hydrogen-bond acceptors (Lipinski definition) is 4. The van der Waals surface area contributed by atoms with Gasteiger partial charge in [-0.3, -0.25) is 9.89 Å². The van der Waals surface area contributed by atoms with E-state index in [1.165, 1.54) is 23.3 Å². The first-order valence-corrected chi connectivity index (χ1v) is 10.9. The quantitative estimate of drug-likeness (QED) is 0.316. The summed E-state index contributed by atoms with van der Waals surface area (Å²) in [5.41, 5.74) is 1.30. The lowest BCUT2D eigenvalue weighted by atomic mass is 10.1. The number of nitrogens with one attached hydrogen (secondary N) is 1. The predicted octanol–water partition coefficient (Wildman–Crippen LogP) is 4.26.